The Hall–Kier alpha value is -1.34. The molecule has 1 aliphatic heterocycles. The van der Waals surface area contributed by atoms with E-state index in [2.05, 4.69) is 10.6 Å². The zero-order valence-corrected chi connectivity index (χ0v) is 9.89. The Morgan fingerprint density at radius 2 is 1.47 bits per heavy atom. The monoisotopic (exact) mass is 244 g/mol. The van der Waals surface area contributed by atoms with E-state index in [1.54, 1.807) is 4.90 Å². The molecule has 0 aliphatic carbocycles. The quantitative estimate of drug-likeness (QED) is 0.495. The van der Waals surface area contributed by atoms with Crippen LogP contribution in [0, 0.1) is 0 Å². The summed E-state index contributed by atoms with van der Waals surface area (Å²) < 4.78 is 0. The first-order valence-corrected chi connectivity index (χ1v) is 5.82. The highest BCUT2D eigenvalue weighted by Crippen LogP contribution is 1.89. The fraction of sp³-hybridized carbons (Fsp3) is 0.800. The van der Waals surface area contributed by atoms with Crippen molar-refractivity contribution in [3.63, 3.8) is 0 Å². The maximum Gasteiger partial charge on any atom is 0.407 e. The van der Waals surface area contributed by atoms with Crippen molar-refractivity contribution in [2.24, 2.45) is 0 Å². The van der Waals surface area contributed by atoms with Gasteiger partial charge in [-0.05, 0) is 0 Å². The SMILES string of the molecule is O=CN1CCNCCN(C(=O)O)CCNCC1. The normalized spacial score (nSPS) is 20.2. The molecule has 0 aromatic heterocycles. The number of carbonyl (C=O) groups is 2. The topological polar surface area (TPSA) is 84.9 Å². The lowest BCUT2D eigenvalue weighted by Gasteiger charge is -2.23. The van der Waals surface area contributed by atoms with E-state index in [0.29, 0.717) is 52.4 Å². The van der Waals surface area contributed by atoms with Crippen LogP contribution in [0.25, 0.3) is 0 Å². The van der Waals surface area contributed by atoms with Crippen molar-refractivity contribution in [2.45, 2.75) is 0 Å². The predicted octanol–water partition coefficient (Wildman–Crippen LogP) is -1.38. The van der Waals surface area contributed by atoms with Gasteiger partial charge in [-0.25, -0.2) is 4.79 Å². The standard InChI is InChI=1S/C10H20N4O3/c15-9-13-5-1-11-3-7-14(10(16)17)8-4-12-2-6-13/h9,11-12H,1-8H2,(H,16,17). The number of amides is 2. The van der Waals surface area contributed by atoms with Gasteiger partial charge >= 0.3 is 6.09 Å². The van der Waals surface area contributed by atoms with Gasteiger partial charge in [0.05, 0.1) is 0 Å². The van der Waals surface area contributed by atoms with Crippen LogP contribution in [0.5, 0.6) is 0 Å². The minimum Gasteiger partial charge on any atom is -0.465 e. The lowest BCUT2D eigenvalue weighted by molar-refractivity contribution is -0.118. The average Bonchev–Trinajstić information content (AvgIpc) is 2.29. The number of rotatable bonds is 1. The van der Waals surface area contributed by atoms with Crippen LogP contribution in [0.3, 0.4) is 0 Å². The van der Waals surface area contributed by atoms with E-state index < -0.39 is 6.09 Å². The van der Waals surface area contributed by atoms with Crippen LogP contribution in [-0.2, 0) is 4.79 Å². The fourth-order valence-electron chi connectivity index (χ4n) is 1.64. The minimum absolute atomic E-state index is 0.470. The third-order valence-electron chi connectivity index (χ3n) is 2.69. The summed E-state index contributed by atoms with van der Waals surface area (Å²) in [5.41, 5.74) is 0. The molecule has 1 fully saturated rings. The van der Waals surface area contributed by atoms with Crippen molar-refractivity contribution in [2.75, 3.05) is 52.4 Å². The number of carboxylic acid groups (broad SMARTS) is 1. The molecule has 98 valence electrons. The second-order valence-electron chi connectivity index (χ2n) is 3.91. The van der Waals surface area contributed by atoms with Gasteiger partial charge in [0.2, 0.25) is 6.41 Å². The van der Waals surface area contributed by atoms with Crippen LogP contribution in [0.4, 0.5) is 4.79 Å². The molecule has 0 spiro atoms. The molecule has 1 rings (SSSR count). The summed E-state index contributed by atoms with van der Waals surface area (Å²) in [5, 5.41) is 15.2. The molecule has 7 heteroatoms. The van der Waals surface area contributed by atoms with E-state index in [1.807, 2.05) is 0 Å². The van der Waals surface area contributed by atoms with E-state index in [-0.39, 0.29) is 0 Å². The van der Waals surface area contributed by atoms with Crippen LogP contribution in [0.15, 0.2) is 0 Å². The molecule has 0 aromatic rings. The van der Waals surface area contributed by atoms with Crippen LogP contribution >= 0.6 is 0 Å². The summed E-state index contributed by atoms with van der Waals surface area (Å²) >= 11 is 0. The number of nitrogens with one attached hydrogen (secondary N) is 2. The highest BCUT2D eigenvalue weighted by molar-refractivity contribution is 5.64. The fourth-order valence-corrected chi connectivity index (χ4v) is 1.64. The number of hydrogen-bond donors (Lipinski definition) is 3. The molecule has 0 unspecified atom stereocenters. The Morgan fingerprint density at radius 1 is 1.00 bits per heavy atom. The first-order chi connectivity index (χ1) is 8.24. The Morgan fingerprint density at radius 3 is 1.88 bits per heavy atom. The predicted molar refractivity (Wildman–Crippen MR) is 63.0 cm³/mol. The third-order valence-corrected chi connectivity index (χ3v) is 2.69. The lowest BCUT2D eigenvalue weighted by atomic mass is 10.4. The average molecular weight is 244 g/mol. The highest BCUT2D eigenvalue weighted by Gasteiger charge is 2.11. The molecular weight excluding hydrogens is 224 g/mol. The van der Waals surface area contributed by atoms with Crippen molar-refractivity contribution in [1.82, 2.24) is 20.4 Å². The molecule has 1 saturated heterocycles. The maximum absolute atomic E-state index is 10.9. The number of nitrogens with zero attached hydrogens (tertiary/aromatic N) is 2. The van der Waals surface area contributed by atoms with Crippen LogP contribution in [0.1, 0.15) is 0 Å². The van der Waals surface area contributed by atoms with E-state index in [4.69, 9.17) is 5.11 Å². The van der Waals surface area contributed by atoms with Gasteiger partial charge in [-0.3, -0.25) is 4.79 Å². The second kappa shape index (κ2) is 7.86. The Labute approximate surface area is 101 Å². The molecule has 0 aromatic carbocycles. The van der Waals surface area contributed by atoms with Crippen molar-refractivity contribution in [3.05, 3.63) is 0 Å². The zero-order chi connectivity index (χ0) is 12.5. The maximum atomic E-state index is 10.9. The van der Waals surface area contributed by atoms with Crippen LogP contribution in [-0.4, -0.2) is 79.8 Å². The smallest absolute Gasteiger partial charge is 0.407 e. The van der Waals surface area contributed by atoms with Crippen LogP contribution < -0.4 is 10.6 Å². The summed E-state index contributed by atoms with van der Waals surface area (Å²) in [4.78, 5) is 24.7. The van der Waals surface area contributed by atoms with Gasteiger partial charge in [0.25, 0.3) is 0 Å². The number of hydrogen-bond acceptors (Lipinski definition) is 4. The van der Waals surface area contributed by atoms with Gasteiger partial charge in [0, 0.05) is 52.4 Å². The Balaban J connectivity index is 2.38. The van der Waals surface area contributed by atoms with Gasteiger partial charge in [-0.1, -0.05) is 0 Å². The molecule has 7 nitrogen and oxygen atoms in total. The summed E-state index contributed by atoms with van der Waals surface area (Å²) in [6.07, 6.45) is -0.0428. The first kappa shape index (κ1) is 13.7. The second-order valence-corrected chi connectivity index (χ2v) is 3.91. The molecule has 3 N–H and O–H groups in total. The van der Waals surface area contributed by atoms with Gasteiger partial charge in [-0.15, -0.1) is 0 Å². The van der Waals surface area contributed by atoms with Crippen molar-refractivity contribution in [3.8, 4) is 0 Å². The van der Waals surface area contributed by atoms with E-state index in [9.17, 15) is 9.59 Å². The Bertz CT molecular complexity index is 236. The Kier molecular flexibility index (Phi) is 6.34. The molecule has 0 radical (unpaired) electrons. The molecule has 0 bridgehead atoms. The van der Waals surface area contributed by atoms with E-state index in [1.165, 1.54) is 4.90 Å². The summed E-state index contributed by atoms with van der Waals surface area (Å²) in [6, 6.07) is 0. The van der Waals surface area contributed by atoms with E-state index in [0.717, 1.165) is 6.41 Å². The van der Waals surface area contributed by atoms with Crippen molar-refractivity contribution < 1.29 is 14.7 Å². The molecule has 17 heavy (non-hydrogen) atoms. The van der Waals surface area contributed by atoms with Crippen molar-refractivity contribution >= 4 is 12.5 Å². The first-order valence-electron chi connectivity index (χ1n) is 5.82. The summed E-state index contributed by atoms with van der Waals surface area (Å²) in [5.74, 6) is 0. The summed E-state index contributed by atoms with van der Waals surface area (Å²) in [6.45, 7) is 4.84. The lowest BCUT2D eigenvalue weighted by Crippen LogP contribution is -2.44. The van der Waals surface area contributed by atoms with Gasteiger partial charge in [-0.2, -0.15) is 0 Å². The third kappa shape index (κ3) is 5.50. The van der Waals surface area contributed by atoms with E-state index >= 15 is 0 Å². The minimum atomic E-state index is -0.889. The van der Waals surface area contributed by atoms with Crippen molar-refractivity contribution in [1.29, 1.82) is 0 Å². The zero-order valence-electron chi connectivity index (χ0n) is 9.89. The van der Waals surface area contributed by atoms with Gasteiger partial charge < -0.3 is 25.5 Å². The van der Waals surface area contributed by atoms with Crippen LogP contribution in [0.2, 0.25) is 0 Å². The van der Waals surface area contributed by atoms with Gasteiger partial charge in [0.1, 0.15) is 0 Å². The molecule has 1 aliphatic rings. The highest BCUT2D eigenvalue weighted by atomic mass is 16.4. The summed E-state index contributed by atoms with van der Waals surface area (Å²) in [7, 11) is 0. The number of carbonyl (C=O) groups excluding carboxylic acids is 1. The molecular formula is C10H20N4O3. The largest absolute Gasteiger partial charge is 0.465 e. The molecule has 2 amide bonds. The molecule has 0 atom stereocenters. The molecule has 1 heterocycles. The van der Waals surface area contributed by atoms with Gasteiger partial charge in [0.15, 0.2) is 0 Å². The molecule has 0 saturated carbocycles.